The van der Waals surface area contributed by atoms with E-state index in [4.69, 9.17) is 10.5 Å². The third kappa shape index (κ3) is 4.71. The average Bonchev–Trinajstić information content (AvgIpc) is 2.36. The number of hydrogen-bond donors (Lipinski definition) is 2. The molecule has 1 atom stereocenters. The van der Waals surface area contributed by atoms with Gasteiger partial charge in [0.25, 0.3) is 0 Å². The highest BCUT2D eigenvalue weighted by molar-refractivity contribution is 14.1. The number of ether oxygens (including phenoxy) is 1. The quantitative estimate of drug-likeness (QED) is 0.536. The summed E-state index contributed by atoms with van der Waals surface area (Å²) >= 11 is 2.07. The van der Waals surface area contributed by atoms with Crippen LogP contribution in [0.1, 0.15) is 6.92 Å². The number of esters is 1. The molecule has 19 heavy (non-hydrogen) atoms. The molecule has 1 aromatic rings. The highest BCUT2D eigenvalue weighted by atomic mass is 127. The summed E-state index contributed by atoms with van der Waals surface area (Å²) in [5.74, 6) is -0.681. The zero-order valence-corrected chi connectivity index (χ0v) is 13.3. The lowest BCUT2D eigenvalue weighted by Gasteiger charge is -2.15. The van der Waals surface area contributed by atoms with Crippen LogP contribution in [0.5, 0.6) is 0 Å². The first-order chi connectivity index (χ1) is 8.90. The highest BCUT2D eigenvalue weighted by Crippen LogP contribution is 2.12. The van der Waals surface area contributed by atoms with Crippen molar-refractivity contribution in [3.05, 3.63) is 27.8 Å². The van der Waals surface area contributed by atoms with Gasteiger partial charge in [0, 0.05) is 10.1 Å². The zero-order valence-electron chi connectivity index (χ0n) is 10.3. The molecule has 0 heterocycles. The summed E-state index contributed by atoms with van der Waals surface area (Å²) in [4.78, 5) is 11.6. The monoisotopic (exact) mass is 398 g/mol. The third-order valence-corrected chi connectivity index (χ3v) is 4.43. The summed E-state index contributed by atoms with van der Waals surface area (Å²) in [5.41, 5.74) is 5.38. The van der Waals surface area contributed by atoms with Crippen molar-refractivity contribution >= 4 is 38.6 Å². The molecule has 6 nitrogen and oxygen atoms in total. The topological polar surface area (TPSA) is 98.5 Å². The maximum atomic E-state index is 12.0. The van der Waals surface area contributed by atoms with Gasteiger partial charge in [-0.15, -0.1) is 0 Å². The lowest BCUT2D eigenvalue weighted by atomic mass is 10.3. The molecule has 0 amide bonds. The first kappa shape index (κ1) is 16.3. The van der Waals surface area contributed by atoms with Gasteiger partial charge >= 0.3 is 5.97 Å². The van der Waals surface area contributed by atoms with E-state index in [0.717, 1.165) is 3.57 Å². The molecule has 0 bridgehead atoms. The maximum Gasteiger partial charge on any atom is 0.325 e. The van der Waals surface area contributed by atoms with Crippen LogP contribution < -0.4 is 10.5 Å². The molecule has 3 N–H and O–H groups in total. The lowest BCUT2D eigenvalue weighted by molar-refractivity contribution is -0.144. The molecule has 0 spiro atoms. The first-order valence-corrected chi connectivity index (χ1v) is 8.11. The van der Waals surface area contributed by atoms with Gasteiger partial charge in [-0.3, -0.25) is 4.79 Å². The Labute approximate surface area is 125 Å². The van der Waals surface area contributed by atoms with Crippen LogP contribution >= 0.6 is 22.6 Å². The predicted molar refractivity (Wildman–Crippen MR) is 79.0 cm³/mol. The smallest absolute Gasteiger partial charge is 0.325 e. The molecule has 1 rings (SSSR count). The number of rotatable bonds is 6. The van der Waals surface area contributed by atoms with Crippen molar-refractivity contribution in [1.82, 2.24) is 4.72 Å². The van der Waals surface area contributed by atoms with E-state index >= 15 is 0 Å². The van der Waals surface area contributed by atoms with Crippen molar-refractivity contribution in [2.75, 3.05) is 13.2 Å². The van der Waals surface area contributed by atoms with Crippen LogP contribution in [-0.2, 0) is 19.6 Å². The van der Waals surface area contributed by atoms with Crippen molar-refractivity contribution in [2.45, 2.75) is 17.9 Å². The molecule has 1 unspecified atom stereocenters. The predicted octanol–water partition coefficient (Wildman–Crippen LogP) is 0.460. The normalized spacial score (nSPS) is 13.0. The molecule has 1 aromatic carbocycles. The number of hydrogen-bond acceptors (Lipinski definition) is 5. The molecular weight excluding hydrogens is 383 g/mol. The number of nitrogens with one attached hydrogen (secondary N) is 1. The summed E-state index contributed by atoms with van der Waals surface area (Å²) in [6, 6.07) is 5.17. The van der Waals surface area contributed by atoms with E-state index in [9.17, 15) is 13.2 Å². The Kier molecular flexibility index (Phi) is 6.17. The molecule has 0 saturated carbocycles. The van der Waals surface area contributed by atoms with Crippen molar-refractivity contribution in [2.24, 2.45) is 5.73 Å². The van der Waals surface area contributed by atoms with E-state index in [0.29, 0.717) is 0 Å². The van der Waals surface area contributed by atoms with Gasteiger partial charge in [0.05, 0.1) is 11.5 Å². The van der Waals surface area contributed by atoms with E-state index in [1.54, 1.807) is 19.1 Å². The molecule has 8 heteroatoms. The summed E-state index contributed by atoms with van der Waals surface area (Å²) in [6.07, 6.45) is 0. The minimum absolute atomic E-state index is 0.0793. The van der Waals surface area contributed by atoms with Crippen LogP contribution in [0.2, 0.25) is 0 Å². The van der Waals surface area contributed by atoms with Crippen LogP contribution in [-0.4, -0.2) is 33.6 Å². The van der Waals surface area contributed by atoms with Crippen LogP contribution in [0.25, 0.3) is 0 Å². The van der Waals surface area contributed by atoms with Crippen molar-refractivity contribution in [3.63, 3.8) is 0 Å². The molecule has 106 valence electrons. The Bertz CT molecular complexity index is 530. The minimum atomic E-state index is -3.79. The van der Waals surface area contributed by atoms with Gasteiger partial charge < -0.3 is 10.5 Å². The Morgan fingerprint density at radius 2 is 2.00 bits per heavy atom. The standard InChI is InChI=1S/C11H15IN2O4S/c1-2-18-11(15)10(7-13)14-19(16,17)9-5-3-8(12)4-6-9/h3-6,10,14H,2,7,13H2,1H3. The van der Waals surface area contributed by atoms with Gasteiger partial charge in [-0.25, -0.2) is 8.42 Å². The number of carbonyl (C=O) groups excluding carboxylic acids is 1. The molecule has 0 saturated heterocycles. The zero-order chi connectivity index (χ0) is 14.5. The lowest BCUT2D eigenvalue weighted by Crippen LogP contribution is -2.46. The summed E-state index contributed by atoms with van der Waals surface area (Å²) in [6.45, 7) is 1.64. The Hall–Kier alpha value is -0.710. The Balaban J connectivity index is 2.89. The number of nitrogens with two attached hydrogens (primary N) is 1. The van der Waals surface area contributed by atoms with E-state index in [2.05, 4.69) is 27.3 Å². The first-order valence-electron chi connectivity index (χ1n) is 5.55. The second-order valence-corrected chi connectivity index (χ2v) is 6.58. The highest BCUT2D eigenvalue weighted by Gasteiger charge is 2.25. The SMILES string of the molecule is CCOC(=O)C(CN)NS(=O)(=O)c1ccc(I)cc1. The van der Waals surface area contributed by atoms with Crippen LogP contribution in [0.15, 0.2) is 29.2 Å². The molecule has 0 aliphatic rings. The molecule has 0 aliphatic carbocycles. The third-order valence-electron chi connectivity index (χ3n) is 2.23. The summed E-state index contributed by atoms with van der Waals surface area (Å²) in [7, 11) is -3.79. The fourth-order valence-corrected chi connectivity index (χ4v) is 2.86. The second kappa shape index (κ2) is 7.17. The Morgan fingerprint density at radius 3 is 2.47 bits per heavy atom. The number of benzene rings is 1. The molecular formula is C11H15IN2O4S. The van der Waals surface area contributed by atoms with E-state index in [-0.39, 0.29) is 18.0 Å². The van der Waals surface area contributed by atoms with Crippen LogP contribution in [0.4, 0.5) is 0 Å². The van der Waals surface area contributed by atoms with Gasteiger partial charge in [-0.05, 0) is 53.8 Å². The van der Waals surface area contributed by atoms with Crippen LogP contribution in [0.3, 0.4) is 0 Å². The average molecular weight is 398 g/mol. The molecule has 0 aliphatic heterocycles. The fraction of sp³-hybridized carbons (Fsp3) is 0.364. The van der Waals surface area contributed by atoms with Crippen molar-refractivity contribution in [1.29, 1.82) is 0 Å². The number of sulfonamides is 1. The summed E-state index contributed by atoms with van der Waals surface area (Å²) < 4.78 is 32.0. The van der Waals surface area contributed by atoms with Gasteiger partial charge in [0.2, 0.25) is 10.0 Å². The van der Waals surface area contributed by atoms with E-state index < -0.39 is 22.0 Å². The largest absolute Gasteiger partial charge is 0.465 e. The van der Waals surface area contributed by atoms with Crippen LogP contribution in [0, 0.1) is 3.57 Å². The molecule has 0 radical (unpaired) electrons. The maximum absolute atomic E-state index is 12.0. The fourth-order valence-electron chi connectivity index (χ4n) is 1.30. The number of carbonyl (C=O) groups is 1. The second-order valence-electron chi connectivity index (χ2n) is 3.62. The molecule has 0 fully saturated rings. The molecule has 0 aromatic heterocycles. The van der Waals surface area contributed by atoms with Gasteiger partial charge in [0.1, 0.15) is 6.04 Å². The van der Waals surface area contributed by atoms with Crippen molar-refractivity contribution in [3.8, 4) is 0 Å². The number of halogens is 1. The van der Waals surface area contributed by atoms with Gasteiger partial charge in [-0.2, -0.15) is 4.72 Å². The van der Waals surface area contributed by atoms with E-state index in [1.165, 1.54) is 12.1 Å². The summed E-state index contributed by atoms with van der Waals surface area (Å²) in [5, 5.41) is 0. The van der Waals surface area contributed by atoms with Crippen molar-refractivity contribution < 1.29 is 17.9 Å². The van der Waals surface area contributed by atoms with E-state index in [1.807, 2.05) is 0 Å². The Morgan fingerprint density at radius 1 is 1.42 bits per heavy atom. The van der Waals surface area contributed by atoms with Gasteiger partial charge in [0.15, 0.2) is 0 Å². The minimum Gasteiger partial charge on any atom is -0.465 e. The van der Waals surface area contributed by atoms with Gasteiger partial charge in [-0.1, -0.05) is 0 Å².